The number of nitrogens with zero attached hydrogens (tertiary/aromatic N) is 1. The molecular formula is C12H8N2O2. The fourth-order valence-corrected chi connectivity index (χ4v) is 1.74. The summed E-state index contributed by atoms with van der Waals surface area (Å²) >= 11 is 0. The Morgan fingerprint density at radius 1 is 1.19 bits per heavy atom. The highest BCUT2D eigenvalue weighted by atomic mass is 16.3. The first-order valence-corrected chi connectivity index (χ1v) is 4.85. The minimum Gasteiger partial charge on any atom is -0.463 e. The maximum atomic E-state index is 11.7. The number of rotatable bonds is 1. The largest absolute Gasteiger partial charge is 0.463 e. The molecule has 0 unspecified atom stereocenters. The van der Waals surface area contributed by atoms with Crippen molar-refractivity contribution < 1.29 is 4.42 Å². The Balaban J connectivity index is 2.38. The lowest BCUT2D eigenvalue weighted by molar-refractivity contribution is 0.616. The number of hydrogen-bond donors (Lipinski definition) is 1. The third kappa shape index (κ3) is 1.24. The molecule has 0 aliphatic heterocycles. The Bertz CT molecular complexity index is 683. The van der Waals surface area contributed by atoms with E-state index in [1.54, 1.807) is 30.9 Å². The van der Waals surface area contributed by atoms with E-state index in [0.717, 1.165) is 11.1 Å². The van der Waals surface area contributed by atoms with Gasteiger partial charge in [-0.1, -0.05) is 0 Å². The van der Waals surface area contributed by atoms with Gasteiger partial charge in [0.15, 0.2) is 0 Å². The Hall–Kier alpha value is -2.36. The molecule has 1 N–H and O–H groups in total. The van der Waals surface area contributed by atoms with Crippen LogP contribution in [-0.2, 0) is 0 Å². The van der Waals surface area contributed by atoms with Crippen molar-refractivity contribution in [2.24, 2.45) is 0 Å². The Morgan fingerprint density at radius 3 is 2.81 bits per heavy atom. The number of furan rings is 1. The van der Waals surface area contributed by atoms with Crippen LogP contribution in [0.4, 0.5) is 0 Å². The van der Waals surface area contributed by atoms with Crippen LogP contribution in [0.25, 0.3) is 22.1 Å². The zero-order valence-electron chi connectivity index (χ0n) is 8.31. The van der Waals surface area contributed by atoms with Crippen LogP contribution in [0, 0.1) is 0 Å². The zero-order chi connectivity index (χ0) is 11.0. The van der Waals surface area contributed by atoms with E-state index >= 15 is 0 Å². The van der Waals surface area contributed by atoms with Gasteiger partial charge in [0.05, 0.1) is 11.6 Å². The van der Waals surface area contributed by atoms with Gasteiger partial charge in [-0.3, -0.25) is 9.78 Å². The van der Waals surface area contributed by atoms with E-state index in [-0.39, 0.29) is 5.56 Å². The Morgan fingerprint density at radius 2 is 2.00 bits per heavy atom. The molecule has 4 nitrogen and oxygen atoms in total. The van der Waals surface area contributed by atoms with Crippen LogP contribution in [-0.4, -0.2) is 9.97 Å². The van der Waals surface area contributed by atoms with E-state index in [1.807, 2.05) is 12.1 Å². The molecule has 0 radical (unpaired) electrons. The molecule has 0 atom stereocenters. The van der Waals surface area contributed by atoms with Crippen LogP contribution in [0.15, 0.2) is 52.3 Å². The summed E-state index contributed by atoms with van der Waals surface area (Å²) in [5.41, 5.74) is 2.17. The van der Waals surface area contributed by atoms with E-state index in [0.29, 0.717) is 11.0 Å². The first-order valence-electron chi connectivity index (χ1n) is 4.85. The summed E-state index contributed by atoms with van der Waals surface area (Å²) < 4.78 is 5.34. The topological polar surface area (TPSA) is 58.9 Å². The van der Waals surface area contributed by atoms with Gasteiger partial charge in [-0.25, -0.2) is 0 Å². The third-order valence-electron chi connectivity index (χ3n) is 2.49. The van der Waals surface area contributed by atoms with Gasteiger partial charge in [0.2, 0.25) is 0 Å². The molecule has 3 aromatic heterocycles. The number of H-pyrrole nitrogens is 1. The van der Waals surface area contributed by atoms with Crippen molar-refractivity contribution in [3.63, 3.8) is 0 Å². The first kappa shape index (κ1) is 8.91. The second-order valence-electron chi connectivity index (χ2n) is 3.43. The lowest BCUT2D eigenvalue weighted by Gasteiger charge is -1.95. The van der Waals surface area contributed by atoms with E-state index in [4.69, 9.17) is 4.42 Å². The molecule has 3 aromatic rings. The smallest absolute Gasteiger partial charge is 0.259 e. The fraction of sp³-hybridized carbons (Fsp3) is 0. The van der Waals surface area contributed by atoms with Crippen LogP contribution in [0.1, 0.15) is 0 Å². The number of nitrogens with one attached hydrogen (secondary N) is 1. The summed E-state index contributed by atoms with van der Waals surface area (Å²) in [7, 11) is 0. The van der Waals surface area contributed by atoms with Gasteiger partial charge in [0, 0.05) is 24.2 Å². The van der Waals surface area contributed by atoms with E-state index < -0.39 is 0 Å². The highest BCUT2D eigenvalue weighted by molar-refractivity contribution is 5.92. The molecule has 0 amide bonds. The van der Waals surface area contributed by atoms with Crippen molar-refractivity contribution in [2.75, 3.05) is 0 Å². The molecular weight excluding hydrogens is 204 g/mol. The molecule has 78 valence electrons. The van der Waals surface area contributed by atoms with Gasteiger partial charge in [0.1, 0.15) is 5.58 Å². The zero-order valence-corrected chi connectivity index (χ0v) is 8.31. The minimum atomic E-state index is -0.141. The van der Waals surface area contributed by atoms with Crippen LogP contribution < -0.4 is 5.56 Å². The standard InChI is InChI=1S/C12H8N2O2/c15-12-11-9(8-1-4-13-5-2-8)7-16-10(11)3-6-14-12/h1-7H,(H,14,15). The Labute approximate surface area is 90.6 Å². The average molecular weight is 212 g/mol. The van der Waals surface area contributed by atoms with Gasteiger partial charge in [-0.05, 0) is 23.8 Å². The molecule has 4 heteroatoms. The van der Waals surface area contributed by atoms with Gasteiger partial charge in [-0.15, -0.1) is 0 Å². The van der Waals surface area contributed by atoms with Gasteiger partial charge in [-0.2, -0.15) is 0 Å². The van der Waals surface area contributed by atoms with Crippen LogP contribution in [0.5, 0.6) is 0 Å². The summed E-state index contributed by atoms with van der Waals surface area (Å²) in [4.78, 5) is 18.3. The van der Waals surface area contributed by atoms with Gasteiger partial charge >= 0.3 is 0 Å². The van der Waals surface area contributed by atoms with Gasteiger partial charge in [0.25, 0.3) is 5.56 Å². The normalized spacial score (nSPS) is 10.8. The van der Waals surface area contributed by atoms with E-state index in [1.165, 1.54) is 0 Å². The quantitative estimate of drug-likeness (QED) is 0.672. The molecule has 0 bridgehead atoms. The molecule has 16 heavy (non-hydrogen) atoms. The van der Waals surface area contributed by atoms with Crippen molar-refractivity contribution in [3.8, 4) is 11.1 Å². The molecule has 0 spiro atoms. The fourth-order valence-electron chi connectivity index (χ4n) is 1.74. The predicted molar refractivity (Wildman–Crippen MR) is 60.1 cm³/mol. The van der Waals surface area contributed by atoms with Crippen molar-refractivity contribution >= 4 is 11.0 Å². The van der Waals surface area contributed by atoms with Crippen molar-refractivity contribution in [1.29, 1.82) is 0 Å². The lowest BCUT2D eigenvalue weighted by atomic mass is 10.1. The van der Waals surface area contributed by atoms with Gasteiger partial charge < -0.3 is 9.40 Å². The van der Waals surface area contributed by atoms with Crippen LogP contribution >= 0.6 is 0 Å². The van der Waals surface area contributed by atoms with Crippen LogP contribution in [0.3, 0.4) is 0 Å². The molecule has 3 rings (SSSR count). The number of aromatic amines is 1. The number of aromatic nitrogens is 2. The first-order chi connectivity index (χ1) is 7.86. The molecule has 0 fully saturated rings. The van der Waals surface area contributed by atoms with Crippen LogP contribution in [0.2, 0.25) is 0 Å². The maximum Gasteiger partial charge on any atom is 0.259 e. The summed E-state index contributed by atoms with van der Waals surface area (Å²) in [6.45, 7) is 0. The van der Waals surface area contributed by atoms with Crippen molar-refractivity contribution in [3.05, 3.63) is 53.4 Å². The molecule has 0 saturated heterocycles. The SMILES string of the molecule is O=c1[nH]ccc2occ(-c3ccncc3)c12. The van der Waals surface area contributed by atoms with Crippen molar-refractivity contribution in [2.45, 2.75) is 0 Å². The number of fused-ring (bicyclic) bond motifs is 1. The summed E-state index contributed by atoms with van der Waals surface area (Å²) in [6.07, 6.45) is 6.54. The average Bonchev–Trinajstić information content (AvgIpc) is 2.75. The second-order valence-corrected chi connectivity index (χ2v) is 3.43. The monoisotopic (exact) mass is 212 g/mol. The van der Waals surface area contributed by atoms with E-state index in [9.17, 15) is 4.79 Å². The number of pyridine rings is 2. The second kappa shape index (κ2) is 3.34. The van der Waals surface area contributed by atoms with Crippen molar-refractivity contribution in [1.82, 2.24) is 9.97 Å². The molecule has 0 aromatic carbocycles. The Kier molecular flexibility index (Phi) is 1.86. The molecule has 3 heterocycles. The predicted octanol–water partition coefficient (Wildman–Crippen LogP) is 2.18. The summed E-state index contributed by atoms with van der Waals surface area (Å²) in [5, 5.41) is 0.578. The highest BCUT2D eigenvalue weighted by Crippen LogP contribution is 2.26. The summed E-state index contributed by atoms with van der Waals surface area (Å²) in [5.74, 6) is 0. The highest BCUT2D eigenvalue weighted by Gasteiger charge is 2.10. The summed E-state index contributed by atoms with van der Waals surface area (Å²) in [6, 6.07) is 5.43. The number of hydrogen-bond acceptors (Lipinski definition) is 3. The minimum absolute atomic E-state index is 0.141. The lowest BCUT2D eigenvalue weighted by Crippen LogP contribution is -2.03. The van der Waals surface area contributed by atoms with E-state index in [2.05, 4.69) is 9.97 Å². The third-order valence-corrected chi connectivity index (χ3v) is 2.49. The molecule has 0 aliphatic carbocycles. The maximum absolute atomic E-state index is 11.7. The molecule has 0 aliphatic rings. The molecule has 0 saturated carbocycles.